The largest absolute Gasteiger partial charge is 0.494 e. The number of ether oxygens (including phenoxy) is 1. The van der Waals surface area contributed by atoms with E-state index >= 15 is 0 Å². The van der Waals surface area contributed by atoms with Gasteiger partial charge in [-0.15, -0.1) is 11.3 Å². The van der Waals surface area contributed by atoms with Crippen LogP contribution in [0.3, 0.4) is 0 Å². The Morgan fingerprint density at radius 1 is 0.806 bits per heavy atom. The van der Waals surface area contributed by atoms with Crippen LogP contribution in [0, 0.1) is 0 Å². The van der Waals surface area contributed by atoms with Gasteiger partial charge in [-0.2, -0.15) is 0 Å². The summed E-state index contributed by atoms with van der Waals surface area (Å²) in [5, 5.41) is 10.1. The molecule has 3 aromatic rings. The van der Waals surface area contributed by atoms with E-state index in [4.69, 9.17) is 4.74 Å². The molecule has 0 unspecified atom stereocenters. The maximum atomic E-state index is 12.4. The summed E-state index contributed by atoms with van der Waals surface area (Å²) < 4.78 is 5.37. The molecule has 0 radical (unpaired) electrons. The zero-order valence-electron chi connectivity index (χ0n) is 17.0. The smallest absolute Gasteiger partial charge is 0.261 e. The fourth-order valence-electron chi connectivity index (χ4n) is 2.73. The molecular weight excluding hydrogens is 414 g/mol. The van der Waals surface area contributed by atoms with Crippen LogP contribution in [0.4, 0.5) is 5.69 Å². The second-order valence-electron chi connectivity index (χ2n) is 6.48. The van der Waals surface area contributed by atoms with Crippen molar-refractivity contribution in [3.63, 3.8) is 0 Å². The van der Waals surface area contributed by atoms with E-state index < -0.39 is 0 Å². The minimum Gasteiger partial charge on any atom is -0.494 e. The highest BCUT2D eigenvalue weighted by Crippen LogP contribution is 2.15. The quantitative estimate of drug-likeness (QED) is 0.446. The lowest BCUT2D eigenvalue weighted by atomic mass is 10.1. The van der Waals surface area contributed by atoms with Gasteiger partial charge in [0.1, 0.15) is 5.75 Å². The molecule has 0 spiro atoms. The van der Waals surface area contributed by atoms with Crippen LogP contribution >= 0.6 is 11.3 Å². The van der Waals surface area contributed by atoms with Gasteiger partial charge in [0.15, 0.2) is 0 Å². The van der Waals surface area contributed by atoms with E-state index in [0.717, 1.165) is 0 Å². The molecule has 0 atom stereocenters. The first-order valence-electron chi connectivity index (χ1n) is 9.81. The Hall–Kier alpha value is -3.65. The molecule has 3 N–H and O–H groups in total. The Morgan fingerprint density at radius 3 is 2.03 bits per heavy atom. The van der Waals surface area contributed by atoms with E-state index in [1.165, 1.54) is 11.3 Å². The lowest BCUT2D eigenvalue weighted by Gasteiger charge is -2.09. The van der Waals surface area contributed by atoms with Crippen molar-refractivity contribution >= 4 is 34.7 Å². The summed E-state index contributed by atoms with van der Waals surface area (Å²) in [7, 11) is 0. The molecule has 2 aromatic carbocycles. The summed E-state index contributed by atoms with van der Waals surface area (Å²) >= 11 is 1.36. The molecule has 0 aliphatic carbocycles. The first kappa shape index (κ1) is 22.0. The molecule has 31 heavy (non-hydrogen) atoms. The zero-order chi connectivity index (χ0) is 22.1. The molecule has 1 aromatic heterocycles. The molecule has 3 amide bonds. The fraction of sp³-hybridized carbons (Fsp3) is 0.174. The molecule has 0 aliphatic rings. The molecular formula is C23H23N3O4S. The van der Waals surface area contributed by atoms with Crippen LogP contribution in [0.1, 0.15) is 37.3 Å². The van der Waals surface area contributed by atoms with Crippen LogP contribution in [0.25, 0.3) is 0 Å². The Kier molecular flexibility index (Phi) is 7.78. The molecule has 0 bridgehead atoms. The summed E-state index contributed by atoms with van der Waals surface area (Å²) in [5.74, 6) is 0.0499. The van der Waals surface area contributed by atoms with Crippen LogP contribution in [0.15, 0.2) is 66.0 Å². The second-order valence-corrected chi connectivity index (χ2v) is 7.43. The molecule has 8 heteroatoms. The molecule has 160 valence electrons. The van der Waals surface area contributed by atoms with Crippen molar-refractivity contribution in [3.8, 4) is 5.75 Å². The van der Waals surface area contributed by atoms with Crippen LogP contribution < -0.4 is 20.7 Å². The van der Waals surface area contributed by atoms with Gasteiger partial charge in [-0.05, 0) is 66.9 Å². The van der Waals surface area contributed by atoms with Gasteiger partial charge >= 0.3 is 0 Å². The molecule has 0 saturated heterocycles. The monoisotopic (exact) mass is 437 g/mol. The molecule has 7 nitrogen and oxygen atoms in total. The maximum absolute atomic E-state index is 12.4. The van der Waals surface area contributed by atoms with E-state index in [-0.39, 0.29) is 17.7 Å². The number of carbonyl (C=O) groups is 3. The third-order valence-corrected chi connectivity index (χ3v) is 5.14. The van der Waals surface area contributed by atoms with E-state index in [0.29, 0.717) is 47.1 Å². The Labute approximate surface area is 184 Å². The van der Waals surface area contributed by atoms with Crippen molar-refractivity contribution in [1.29, 1.82) is 0 Å². The van der Waals surface area contributed by atoms with Gasteiger partial charge in [-0.25, -0.2) is 0 Å². The molecule has 0 aliphatic heterocycles. The summed E-state index contributed by atoms with van der Waals surface area (Å²) in [6.45, 7) is 3.11. The van der Waals surface area contributed by atoms with Crippen molar-refractivity contribution < 1.29 is 19.1 Å². The second kappa shape index (κ2) is 10.9. The Morgan fingerprint density at radius 2 is 1.42 bits per heavy atom. The molecule has 1 heterocycles. The van der Waals surface area contributed by atoms with Gasteiger partial charge in [-0.3, -0.25) is 14.4 Å². The lowest BCUT2D eigenvalue weighted by Crippen LogP contribution is -2.34. The number of rotatable bonds is 9. The number of hydrogen-bond acceptors (Lipinski definition) is 5. The third kappa shape index (κ3) is 6.42. The van der Waals surface area contributed by atoms with Gasteiger partial charge in [0, 0.05) is 29.9 Å². The molecule has 0 saturated carbocycles. The summed E-state index contributed by atoms with van der Waals surface area (Å²) in [4.78, 5) is 37.1. The minimum absolute atomic E-state index is 0.156. The van der Waals surface area contributed by atoms with Crippen LogP contribution in [-0.2, 0) is 0 Å². The average molecular weight is 438 g/mol. The number of amides is 3. The number of nitrogens with one attached hydrogen (secondary N) is 3. The predicted octanol–water partition coefficient (Wildman–Crippen LogP) is 3.56. The molecule has 0 fully saturated rings. The van der Waals surface area contributed by atoms with E-state index in [1.54, 1.807) is 54.6 Å². The first-order valence-corrected chi connectivity index (χ1v) is 10.7. The topological polar surface area (TPSA) is 96.5 Å². The summed E-state index contributed by atoms with van der Waals surface area (Å²) in [5.41, 5.74) is 1.55. The van der Waals surface area contributed by atoms with Crippen molar-refractivity contribution in [2.24, 2.45) is 0 Å². The fourth-order valence-corrected chi connectivity index (χ4v) is 3.37. The zero-order valence-corrected chi connectivity index (χ0v) is 17.8. The Balaban J connectivity index is 1.44. The normalized spacial score (nSPS) is 10.2. The highest BCUT2D eigenvalue weighted by molar-refractivity contribution is 7.12. The van der Waals surface area contributed by atoms with Gasteiger partial charge in [0.05, 0.1) is 11.5 Å². The molecule has 3 rings (SSSR count). The van der Waals surface area contributed by atoms with E-state index in [1.807, 2.05) is 18.4 Å². The van der Waals surface area contributed by atoms with Gasteiger partial charge in [0.25, 0.3) is 17.7 Å². The van der Waals surface area contributed by atoms with Gasteiger partial charge < -0.3 is 20.7 Å². The number of benzene rings is 2. The highest BCUT2D eigenvalue weighted by atomic mass is 32.1. The SMILES string of the molecule is CCOc1ccc(C(=O)Nc2ccc(C(=O)NCCNC(=O)c3cccs3)cc2)cc1. The van der Waals surface area contributed by atoms with Gasteiger partial charge in [0.2, 0.25) is 0 Å². The summed E-state index contributed by atoms with van der Waals surface area (Å²) in [6, 6.07) is 17.0. The minimum atomic E-state index is -0.255. The van der Waals surface area contributed by atoms with Crippen LogP contribution in [0.2, 0.25) is 0 Å². The lowest BCUT2D eigenvalue weighted by molar-refractivity contribution is 0.0929. The van der Waals surface area contributed by atoms with Crippen molar-refractivity contribution in [2.75, 3.05) is 25.0 Å². The van der Waals surface area contributed by atoms with Crippen LogP contribution in [0.5, 0.6) is 5.75 Å². The van der Waals surface area contributed by atoms with Crippen LogP contribution in [-0.4, -0.2) is 37.4 Å². The average Bonchev–Trinajstić information content (AvgIpc) is 3.33. The van der Waals surface area contributed by atoms with E-state index in [2.05, 4.69) is 16.0 Å². The third-order valence-electron chi connectivity index (χ3n) is 4.27. The predicted molar refractivity (Wildman–Crippen MR) is 121 cm³/mol. The number of anilines is 1. The summed E-state index contributed by atoms with van der Waals surface area (Å²) in [6.07, 6.45) is 0. The number of carbonyl (C=O) groups excluding carboxylic acids is 3. The first-order chi connectivity index (χ1) is 15.1. The highest BCUT2D eigenvalue weighted by Gasteiger charge is 2.09. The van der Waals surface area contributed by atoms with Crippen molar-refractivity contribution in [3.05, 3.63) is 82.0 Å². The number of thiophene rings is 1. The van der Waals surface area contributed by atoms with Crippen molar-refractivity contribution in [2.45, 2.75) is 6.92 Å². The maximum Gasteiger partial charge on any atom is 0.261 e. The number of hydrogen-bond donors (Lipinski definition) is 3. The Bertz CT molecular complexity index is 1020. The van der Waals surface area contributed by atoms with Gasteiger partial charge in [-0.1, -0.05) is 6.07 Å². The van der Waals surface area contributed by atoms with E-state index in [9.17, 15) is 14.4 Å². The standard InChI is InChI=1S/C23H23N3O4S/c1-2-30-19-11-7-17(8-12-19)22(28)26-18-9-5-16(6-10-18)21(27)24-13-14-25-23(29)20-4-3-15-31-20/h3-12,15H,2,13-14H2,1H3,(H,24,27)(H,25,29)(H,26,28). The van der Waals surface area contributed by atoms with Crippen molar-refractivity contribution in [1.82, 2.24) is 10.6 Å².